The molecule has 1 saturated carbocycles. The van der Waals surface area contributed by atoms with Crippen LogP contribution >= 0.6 is 11.8 Å². The Labute approximate surface area is 167 Å². The molecule has 1 saturated heterocycles. The molecule has 0 bridgehead atoms. The highest BCUT2D eigenvalue weighted by Gasteiger charge is 2.35. The fraction of sp³-hybridized carbons (Fsp3) is 0.667. The maximum atomic E-state index is 5.91. The van der Waals surface area contributed by atoms with E-state index >= 15 is 0 Å². The van der Waals surface area contributed by atoms with E-state index in [0.717, 1.165) is 32.1 Å². The van der Waals surface area contributed by atoms with E-state index in [4.69, 9.17) is 9.47 Å². The molecule has 5 nitrogen and oxygen atoms in total. The normalized spacial score (nSPS) is 23.3. The van der Waals surface area contributed by atoms with Gasteiger partial charge in [0.05, 0.1) is 19.3 Å². The van der Waals surface area contributed by atoms with Crippen LogP contribution in [0.1, 0.15) is 39.0 Å². The smallest absolute Gasteiger partial charge is 0.191 e. The number of rotatable bonds is 8. The van der Waals surface area contributed by atoms with Gasteiger partial charge >= 0.3 is 0 Å². The summed E-state index contributed by atoms with van der Waals surface area (Å²) in [5.41, 5.74) is 0. The van der Waals surface area contributed by atoms with Gasteiger partial charge in [-0.05, 0) is 38.3 Å². The van der Waals surface area contributed by atoms with E-state index in [0.29, 0.717) is 6.61 Å². The Hall–Kier alpha value is -1.24. The third-order valence-electron chi connectivity index (χ3n) is 5.25. The first-order valence-electron chi connectivity index (χ1n) is 10.1. The van der Waals surface area contributed by atoms with E-state index in [1.807, 2.05) is 18.8 Å². The zero-order chi connectivity index (χ0) is 19.0. The van der Waals surface area contributed by atoms with Crippen molar-refractivity contribution in [2.45, 2.75) is 60.8 Å². The second kappa shape index (κ2) is 10.3. The van der Waals surface area contributed by atoms with Gasteiger partial charge in [0.1, 0.15) is 0 Å². The van der Waals surface area contributed by atoms with Crippen LogP contribution in [0.2, 0.25) is 0 Å². The topological polar surface area (TPSA) is 54.9 Å². The quantitative estimate of drug-likeness (QED) is 0.525. The second-order valence-electron chi connectivity index (χ2n) is 7.60. The SMILES string of the molecule is CN=C(NCC1(Sc2ccccc2)CCCC1)NC(C)COC1CCOC1. The molecule has 3 rings (SSSR count). The number of nitrogens with zero attached hydrogens (tertiary/aromatic N) is 1. The van der Waals surface area contributed by atoms with E-state index in [-0.39, 0.29) is 16.9 Å². The van der Waals surface area contributed by atoms with E-state index in [9.17, 15) is 0 Å². The molecule has 0 amide bonds. The Kier molecular flexibility index (Phi) is 7.85. The monoisotopic (exact) mass is 391 g/mol. The number of aliphatic imine (C=N–C) groups is 1. The fourth-order valence-electron chi connectivity index (χ4n) is 3.71. The largest absolute Gasteiger partial charge is 0.379 e. The summed E-state index contributed by atoms with van der Waals surface area (Å²) >= 11 is 2.01. The van der Waals surface area contributed by atoms with Crippen molar-refractivity contribution in [2.24, 2.45) is 4.99 Å². The van der Waals surface area contributed by atoms with Gasteiger partial charge in [-0.1, -0.05) is 31.0 Å². The minimum absolute atomic E-state index is 0.207. The molecule has 2 fully saturated rings. The summed E-state index contributed by atoms with van der Waals surface area (Å²) in [5, 5.41) is 7.03. The molecule has 1 aromatic carbocycles. The number of benzene rings is 1. The molecule has 27 heavy (non-hydrogen) atoms. The van der Waals surface area contributed by atoms with Crippen LogP contribution in [-0.2, 0) is 9.47 Å². The molecule has 1 aliphatic heterocycles. The molecular weight excluding hydrogens is 358 g/mol. The molecule has 0 aromatic heterocycles. The van der Waals surface area contributed by atoms with Crippen LogP contribution < -0.4 is 10.6 Å². The predicted octanol–water partition coefficient (Wildman–Crippen LogP) is 3.45. The molecule has 1 aromatic rings. The first kappa shape index (κ1) is 20.5. The zero-order valence-electron chi connectivity index (χ0n) is 16.6. The van der Waals surface area contributed by atoms with Crippen LogP contribution in [0.3, 0.4) is 0 Å². The standard InChI is InChI=1S/C21H33N3O2S/c1-17(14-26-18-10-13-25-15-18)24-20(22-2)23-16-21(11-6-7-12-21)27-19-8-4-3-5-9-19/h3-5,8-9,17-18H,6-7,10-16H2,1-2H3,(H2,22,23,24). The Morgan fingerprint density at radius 3 is 2.78 bits per heavy atom. The van der Waals surface area contributed by atoms with Crippen LogP contribution in [-0.4, -0.2) is 56.3 Å². The van der Waals surface area contributed by atoms with Crippen LogP contribution in [0, 0.1) is 0 Å². The zero-order valence-corrected chi connectivity index (χ0v) is 17.4. The Morgan fingerprint density at radius 2 is 2.11 bits per heavy atom. The van der Waals surface area contributed by atoms with Crippen molar-refractivity contribution in [2.75, 3.05) is 33.4 Å². The molecule has 6 heteroatoms. The van der Waals surface area contributed by atoms with Crippen molar-refractivity contribution >= 4 is 17.7 Å². The number of ether oxygens (including phenoxy) is 2. The average molecular weight is 392 g/mol. The summed E-state index contributed by atoms with van der Waals surface area (Å²) in [6.45, 7) is 5.26. The Balaban J connectivity index is 1.47. The summed E-state index contributed by atoms with van der Waals surface area (Å²) in [6, 6.07) is 11.0. The van der Waals surface area contributed by atoms with Gasteiger partial charge in [0.25, 0.3) is 0 Å². The fourth-order valence-corrected chi connectivity index (χ4v) is 5.14. The summed E-state index contributed by atoms with van der Waals surface area (Å²) in [7, 11) is 1.83. The maximum Gasteiger partial charge on any atom is 0.191 e. The van der Waals surface area contributed by atoms with Gasteiger partial charge in [-0.15, -0.1) is 11.8 Å². The Bertz CT molecular complexity index is 584. The van der Waals surface area contributed by atoms with E-state index in [1.165, 1.54) is 30.6 Å². The highest BCUT2D eigenvalue weighted by Crippen LogP contribution is 2.44. The minimum Gasteiger partial charge on any atom is -0.379 e. The third kappa shape index (κ3) is 6.40. The minimum atomic E-state index is 0.207. The highest BCUT2D eigenvalue weighted by molar-refractivity contribution is 8.00. The lowest BCUT2D eigenvalue weighted by molar-refractivity contribution is 0.0347. The second-order valence-corrected chi connectivity index (χ2v) is 9.14. The van der Waals surface area contributed by atoms with Gasteiger partial charge in [-0.25, -0.2) is 0 Å². The lowest BCUT2D eigenvalue weighted by atomic mass is 10.1. The highest BCUT2D eigenvalue weighted by atomic mass is 32.2. The van der Waals surface area contributed by atoms with E-state index in [2.05, 4.69) is 52.9 Å². The molecule has 150 valence electrons. The number of hydrogen-bond donors (Lipinski definition) is 2. The van der Waals surface area contributed by atoms with Crippen LogP contribution in [0.4, 0.5) is 0 Å². The molecular formula is C21H33N3O2S. The number of guanidine groups is 1. The molecule has 2 atom stereocenters. The van der Waals surface area contributed by atoms with Crippen molar-refractivity contribution in [1.82, 2.24) is 10.6 Å². The molecule has 0 radical (unpaired) electrons. The van der Waals surface area contributed by atoms with Gasteiger partial charge < -0.3 is 20.1 Å². The van der Waals surface area contributed by atoms with Gasteiger partial charge in [0.2, 0.25) is 0 Å². The molecule has 1 heterocycles. The molecule has 2 aliphatic rings. The molecule has 1 aliphatic carbocycles. The molecule has 2 N–H and O–H groups in total. The van der Waals surface area contributed by atoms with E-state index < -0.39 is 0 Å². The first-order valence-corrected chi connectivity index (χ1v) is 10.9. The van der Waals surface area contributed by atoms with Gasteiger partial charge in [-0.3, -0.25) is 4.99 Å². The van der Waals surface area contributed by atoms with Gasteiger partial charge in [0, 0.05) is 35.9 Å². The lowest BCUT2D eigenvalue weighted by Crippen LogP contribution is -2.48. The van der Waals surface area contributed by atoms with Crippen molar-refractivity contribution in [3.63, 3.8) is 0 Å². The molecule has 2 unspecified atom stereocenters. The van der Waals surface area contributed by atoms with Crippen LogP contribution in [0.15, 0.2) is 40.2 Å². The number of hydrogen-bond acceptors (Lipinski definition) is 4. The van der Waals surface area contributed by atoms with Crippen molar-refractivity contribution in [1.29, 1.82) is 0 Å². The number of nitrogens with one attached hydrogen (secondary N) is 2. The third-order valence-corrected chi connectivity index (χ3v) is 6.74. The lowest BCUT2D eigenvalue weighted by Gasteiger charge is -2.30. The number of thioether (sulfide) groups is 1. The van der Waals surface area contributed by atoms with Crippen molar-refractivity contribution in [3.8, 4) is 0 Å². The maximum absolute atomic E-state index is 5.91. The average Bonchev–Trinajstić information content (AvgIpc) is 3.37. The van der Waals surface area contributed by atoms with Crippen molar-refractivity contribution in [3.05, 3.63) is 30.3 Å². The predicted molar refractivity (Wildman–Crippen MR) is 113 cm³/mol. The first-order chi connectivity index (χ1) is 13.2. The molecule has 0 spiro atoms. The van der Waals surface area contributed by atoms with Gasteiger partial charge in [-0.2, -0.15) is 0 Å². The van der Waals surface area contributed by atoms with Crippen LogP contribution in [0.5, 0.6) is 0 Å². The summed E-state index contributed by atoms with van der Waals surface area (Å²) in [5.74, 6) is 0.855. The summed E-state index contributed by atoms with van der Waals surface area (Å²) in [4.78, 5) is 5.76. The Morgan fingerprint density at radius 1 is 1.33 bits per heavy atom. The summed E-state index contributed by atoms with van der Waals surface area (Å²) < 4.78 is 11.5. The van der Waals surface area contributed by atoms with Gasteiger partial charge in [0.15, 0.2) is 5.96 Å². The van der Waals surface area contributed by atoms with Crippen LogP contribution in [0.25, 0.3) is 0 Å². The van der Waals surface area contributed by atoms with Crippen molar-refractivity contribution < 1.29 is 9.47 Å². The van der Waals surface area contributed by atoms with E-state index in [1.54, 1.807) is 0 Å². The summed E-state index contributed by atoms with van der Waals surface area (Å²) in [6.07, 6.45) is 6.35.